The van der Waals surface area contributed by atoms with Crippen molar-refractivity contribution in [3.8, 4) is 0 Å². The third-order valence-corrected chi connectivity index (χ3v) is 2.36. The van der Waals surface area contributed by atoms with E-state index in [9.17, 15) is 14.9 Å². The van der Waals surface area contributed by atoms with Crippen molar-refractivity contribution in [3.05, 3.63) is 33.9 Å². The SMILES string of the molecule is CSc1ccc([N+](=O)[O-])cc1C=O. The molecule has 0 spiro atoms. The number of benzene rings is 1. The zero-order valence-corrected chi connectivity index (χ0v) is 7.71. The number of thioether (sulfide) groups is 1. The van der Waals surface area contributed by atoms with Crippen LogP contribution in [-0.4, -0.2) is 17.5 Å². The molecule has 0 aromatic heterocycles. The van der Waals surface area contributed by atoms with Gasteiger partial charge in [-0.3, -0.25) is 14.9 Å². The van der Waals surface area contributed by atoms with E-state index in [2.05, 4.69) is 0 Å². The first-order valence-corrected chi connectivity index (χ1v) is 4.69. The third-order valence-electron chi connectivity index (χ3n) is 1.55. The van der Waals surface area contributed by atoms with Gasteiger partial charge in [-0.1, -0.05) is 0 Å². The van der Waals surface area contributed by atoms with Gasteiger partial charge in [0.05, 0.1) is 4.92 Å². The number of non-ortho nitro benzene ring substituents is 1. The van der Waals surface area contributed by atoms with Gasteiger partial charge in [-0.15, -0.1) is 11.8 Å². The summed E-state index contributed by atoms with van der Waals surface area (Å²) in [5.74, 6) is 0. The van der Waals surface area contributed by atoms with Crippen molar-refractivity contribution in [2.75, 3.05) is 6.26 Å². The molecule has 0 saturated carbocycles. The summed E-state index contributed by atoms with van der Waals surface area (Å²) in [4.78, 5) is 21.1. The van der Waals surface area contributed by atoms with Gasteiger partial charge >= 0.3 is 0 Å². The molecule has 1 aromatic rings. The predicted octanol–water partition coefficient (Wildman–Crippen LogP) is 2.13. The Hall–Kier alpha value is -1.36. The highest BCUT2D eigenvalue weighted by molar-refractivity contribution is 7.98. The van der Waals surface area contributed by atoms with Crippen LogP contribution in [0.2, 0.25) is 0 Å². The fourth-order valence-electron chi connectivity index (χ4n) is 0.927. The van der Waals surface area contributed by atoms with Crippen LogP contribution in [0.15, 0.2) is 23.1 Å². The molecule has 0 heterocycles. The Bertz CT molecular complexity index is 351. The molecule has 68 valence electrons. The van der Waals surface area contributed by atoms with Gasteiger partial charge in [-0.05, 0) is 12.3 Å². The average Bonchev–Trinajstić information content (AvgIpc) is 2.16. The normalized spacial score (nSPS) is 9.62. The van der Waals surface area contributed by atoms with Gasteiger partial charge in [0, 0.05) is 22.6 Å². The summed E-state index contributed by atoms with van der Waals surface area (Å²) in [7, 11) is 0. The van der Waals surface area contributed by atoms with Crippen LogP contribution in [0.5, 0.6) is 0 Å². The summed E-state index contributed by atoms with van der Waals surface area (Å²) >= 11 is 1.39. The van der Waals surface area contributed by atoms with Crippen molar-refractivity contribution in [2.24, 2.45) is 0 Å². The first kappa shape index (κ1) is 9.73. The molecular weight excluding hydrogens is 190 g/mol. The van der Waals surface area contributed by atoms with E-state index in [0.717, 1.165) is 4.90 Å². The van der Waals surface area contributed by atoms with Gasteiger partial charge < -0.3 is 0 Å². The lowest BCUT2D eigenvalue weighted by atomic mass is 10.2. The Balaban J connectivity index is 3.20. The Labute approximate surface area is 79.1 Å². The summed E-state index contributed by atoms with van der Waals surface area (Å²) in [5.41, 5.74) is 0.307. The Morgan fingerprint density at radius 1 is 1.54 bits per heavy atom. The maximum Gasteiger partial charge on any atom is 0.270 e. The monoisotopic (exact) mass is 197 g/mol. The topological polar surface area (TPSA) is 60.2 Å². The Morgan fingerprint density at radius 2 is 2.23 bits per heavy atom. The van der Waals surface area contributed by atoms with Gasteiger partial charge in [0.15, 0.2) is 6.29 Å². The van der Waals surface area contributed by atoms with E-state index >= 15 is 0 Å². The zero-order chi connectivity index (χ0) is 9.84. The standard InChI is InChI=1S/C8H7NO3S/c1-13-8-3-2-7(9(11)12)4-6(8)5-10/h2-5H,1H3. The van der Waals surface area contributed by atoms with Crippen molar-refractivity contribution < 1.29 is 9.72 Å². The lowest BCUT2D eigenvalue weighted by molar-refractivity contribution is -0.384. The number of carbonyl (C=O) groups is 1. The number of nitro groups is 1. The van der Waals surface area contributed by atoms with E-state index in [4.69, 9.17) is 0 Å². The Kier molecular flexibility index (Phi) is 3.02. The highest BCUT2D eigenvalue weighted by Gasteiger charge is 2.08. The molecule has 5 heteroatoms. The molecule has 0 atom stereocenters. The zero-order valence-electron chi connectivity index (χ0n) is 6.89. The van der Waals surface area contributed by atoms with Crippen LogP contribution >= 0.6 is 11.8 Å². The van der Waals surface area contributed by atoms with Gasteiger partial charge in [-0.2, -0.15) is 0 Å². The number of hydrogen-bond donors (Lipinski definition) is 0. The molecule has 0 saturated heterocycles. The van der Waals surface area contributed by atoms with Crippen LogP contribution in [0, 0.1) is 10.1 Å². The number of rotatable bonds is 3. The van der Waals surface area contributed by atoms with Crippen LogP contribution in [0.1, 0.15) is 10.4 Å². The molecule has 0 fully saturated rings. The van der Waals surface area contributed by atoms with Crippen LogP contribution in [-0.2, 0) is 0 Å². The average molecular weight is 197 g/mol. The van der Waals surface area contributed by atoms with E-state index < -0.39 is 4.92 Å². The Morgan fingerprint density at radius 3 is 2.69 bits per heavy atom. The van der Waals surface area contributed by atoms with E-state index in [1.807, 2.05) is 6.26 Å². The van der Waals surface area contributed by atoms with E-state index in [1.165, 1.54) is 23.9 Å². The first-order valence-electron chi connectivity index (χ1n) is 3.46. The molecule has 1 aromatic carbocycles. The van der Waals surface area contributed by atoms with E-state index in [0.29, 0.717) is 11.8 Å². The smallest absolute Gasteiger partial charge is 0.270 e. The molecule has 0 radical (unpaired) electrons. The molecule has 0 unspecified atom stereocenters. The summed E-state index contributed by atoms with van der Waals surface area (Å²) in [6, 6.07) is 4.24. The summed E-state index contributed by atoms with van der Waals surface area (Å²) in [5, 5.41) is 10.4. The number of carbonyl (C=O) groups excluding carboxylic acids is 1. The van der Waals surface area contributed by atoms with Crippen LogP contribution in [0.25, 0.3) is 0 Å². The highest BCUT2D eigenvalue weighted by Crippen LogP contribution is 2.23. The summed E-state index contributed by atoms with van der Waals surface area (Å²) in [6.07, 6.45) is 2.44. The minimum Gasteiger partial charge on any atom is -0.298 e. The minimum absolute atomic E-state index is 0.0556. The molecular formula is C8H7NO3S. The van der Waals surface area contributed by atoms with Crippen LogP contribution in [0.4, 0.5) is 5.69 Å². The maximum absolute atomic E-state index is 10.5. The largest absolute Gasteiger partial charge is 0.298 e. The summed E-state index contributed by atoms with van der Waals surface area (Å²) in [6.45, 7) is 0. The second-order valence-electron chi connectivity index (χ2n) is 2.30. The lowest BCUT2D eigenvalue weighted by Crippen LogP contribution is -1.91. The predicted molar refractivity (Wildman–Crippen MR) is 50.3 cm³/mol. The summed E-state index contributed by atoms with van der Waals surface area (Å²) < 4.78 is 0. The van der Waals surface area contributed by atoms with Crippen LogP contribution in [0.3, 0.4) is 0 Å². The molecule has 0 aliphatic carbocycles. The molecule has 0 bridgehead atoms. The number of nitro benzene ring substituents is 1. The molecule has 13 heavy (non-hydrogen) atoms. The molecule has 0 aliphatic rings. The third kappa shape index (κ3) is 2.06. The molecule has 0 N–H and O–H groups in total. The second kappa shape index (κ2) is 4.04. The van der Waals surface area contributed by atoms with Crippen molar-refractivity contribution in [3.63, 3.8) is 0 Å². The molecule has 4 nitrogen and oxygen atoms in total. The fraction of sp³-hybridized carbons (Fsp3) is 0.125. The van der Waals surface area contributed by atoms with Gasteiger partial charge in [0.1, 0.15) is 0 Å². The number of nitrogens with zero attached hydrogens (tertiary/aromatic N) is 1. The lowest BCUT2D eigenvalue weighted by Gasteiger charge is -1.99. The van der Waals surface area contributed by atoms with Gasteiger partial charge in [0.25, 0.3) is 5.69 Å². The minimum atomic E-state index is -0.517. The number of aldehydes is 1. The van der Waals surface area contributed by atoms with Crippen molar-refractivity contribution in [1.82, 2.24) is 0 Å². The molecule has 1 rings (SSSR count). The highest BCUT2D eigenvalue weighted by atomic mass is 32.2. The quantitative estimate of drug-likeness (QED) is 0.322. The first-order chi connectivity index (χ1) is 6.19. The van der Waals surface area contributed by atoms with Crippen LogP contribution < -0.4 is 0 Å². The molecule has 0 amide bonds. The maximum atomic E-state index is 10.5. The van der Waals surface area contributed by atoms with Gasteiger partial charge in [0.2, 0.25) is 0 Å². The van der Waals surface area contributed by atoms with Crippen molar-refractivity contribution in [2.45, 2.75) is 4.90 Å². The fourth-order valence-corrected chi connectivity index (χ4v) is 1.47. The van der Waals surface area contributed by atoms with Crippen molar-refractivity contribution in [1.29, 1.82) is 0 Å². The van der Waals surface area contributed by atoms with E-state index in [1.54, 1.807) is 6.07 Å². The van der Waals surface area contributed by atoms with E-state index in [-0.39, 0.29) is 5.69 Å². The molecule has 0 aliphatic heterocycles. The second-order valence-corrected chi connectivity index (χ2v) is 3.15. The van der Waals surface area contributed by atoms with Gasteiger partial charge in [-0.25, -0.2) is 0 Å². The van der Waals surface area contributed by atoms with Crippen molar-refractivity contribution >= 4 is 23.7 Å². The number of hydrogen-bond acceptors (Lipinski definition) is 4.